The van der Waals surface area contributed by atoms with Crippen LogP contribution < -0.4 is 11.1 Å². The number of carbonyl (C=O) groups is 1. The van der Waals surface area contributed by atoms with E-state index in [1.54, 1.807) is 0 Å². The van der Waals surface area contributed by atoms with E-state index in [4.69, 9.17) is 5.73 Å². The van der Waals surface area contributed by atoms with Crippen LogP contribution in [0.2, 0.25) is 0 Å². The van der Waals surface area contributed by atoms with E-state index in [0.717, 1.165) is 25.2 Å². The average molecular weight is 288 g/mol. The molecular weight excluding hydrogens is 260 g/mol. The number of nitrogens with two attached hydrogens (primary N) is 1. The minimum Gasteiger partial charge on any atom is -0.353 e. The monoisotopic (exact) mass is 288 g/mol. The fourth-order valence-corrected chi connectivity index (χ4v) is 3.22. The molecule has 21 heavy (non-hydrogen) atoms. The summed E-state index contributed by atoms with van der Waals surface area (Å²) >= 11 is 0. The molecule has 1 aromatic carbocycles. The third-order valence-electron chi connectivity index (χ3n) is 4.75. The van der Waals surface area contributed by atoms with Gasteiger partial charge in [-0.05, 0) is 43.6 Å². The first-order valence-electron chi connectivity index (χ1n) is 8.27. The van der Waals surface area contributed by atoms with Gasteiger partial charge in [-0.25, -0.2) is 0 Å². The quantitative estimate of drug-likeness (QED) is 0.845. The predicted molar refractivity (Wildman–Crippen MR) is 86.9 cm³/mol. The molecule has 116 valence electrons. The van der Waals surface area contributed by atoms with E-state index < -0.39 is 0 Å². The Morgan fingerprint density at radius 2 is 1.90 bits per heavy atom. The first-order chi connectivity index (χ1) is 10.2. The summed E-state index contributed by atoms with van der Waals surface area (Å²) in [7, 11) is 0. The fourth-order valence-electron chi connectivity index (χ4n) is 3.22. The molecule has 1 aromatic rings. The SMILES string of the molecule is CCC1CCC(NC(=O)C(CN)Cc2ccccc2)CC1. The number of carbonyl (C=O) groups excluding carboxylic acids is 1. The fraction of sp³-hybridized carbons (Fsp3) is 0.611. The number of hydrogen-bond acceptors (Lipinski definition) is 2. The second-order valence-corrected chi connectivity index (χ2v) is 6.26. The summed E-state index contributed by atoms with van der Waals surface area (Å²) in [5, 5.41) is 3.22. The summed E-state index contributed by atoms with van der Waals surface area (Å²) in [4.78, 5) is 12.4. The van der Waals surface area contributed by atoms with Gasteiger partial charge in [-0.3, -0.25) is 4.79 Å². The van der Waals surface area contributed by atoms with E-state index >= 15 is 0 Å². The molecule has 3 nitrogen and oxygen atoms in total. The Balaban J connectivity index is 1.83. The van der Waals surface area contributed by atoms with Gasteiger partial charge >= 0.3 is 0 Å². The van der Waals surface area contributed by atoms with Crippen molar-refractivity contribution >= 4 is 5.91 Å². The van der Waals surface area contributed by atoms with Crippen molar-refractivity contribution in [2.24, 2.45) is 17.6 Å². The smallest absolute Gasteiger partial charge is 0.224 e. The molecule has 0 spiro atoms. The van der Waals surface area contributed by atoms with Gasteiger partial charge in [-0.1, -0.05) is 43.7 Å². The summed E-state index contributed by atoms with van der Waals surface area (Å²) in [6.45, 7) is 2.67. The van der Waals surface area contributed by atoms with Crippen molar-refractivity contribution < 1.29 is 4.79 Å². The second-order valence-electron chi connectivity index (χ2n) is 6.26. The van der Waals surface area contributed by atoms with E-state index in [9.17, 15) is 4.79 Å². The maximum atomic E-state index is 12.4. The van der Waals surface area contributed by atoms with Crippen LogP contribution in [0.5, 0.6) is 0 Å². The van der Waals surface area contributed by atoms with Gasteiger partial charge in [0.05, 0.1) is 5.92 Å². The molecule has 0 aromatic heterocycles. The minimum atomic E-state index is -0.115. The Kier molecular flexibility index (Phi) is 6.24. The van der Waals surface area contributed by atoms with Crippen LogP contribution in [0.3, 0.4) is 0 Å². The van der Waals surface area contributed by atoms with Crippen molar-refractivity contribution in [1.29, 1.82) is 0 Å². The van der Waals surface area contributed by atoms with Crippen LogP contribution in [0.15, 0.2) is 30.3 Å². The Hall–Kier alpha value is -1.35. The lowest BCUT2D eigenvalue weighted by Gasteiger charge is -2.29. The molecule has 2 rings (SSSR count). The molecule has 0 heterocycles. The topological polar surface area (TPSA) is 55.1 Å². The Bertz CT molecular complexity index is 424. The molecule has 3 N–H and O–H groups in total. The molecule has 0 aliphatic heterocycles. The Morgan fingerprint density at radius 1 is 1.24 bits per heavy atom. The molecule has 1 atom stereocenters. The van der Waals surface area contributed by atoms with Crippen molar-refractivity contribution in [2.75, 3.05) is 6.54 Å². The van der Waals surface area contributed by atoms with Gasteiger partial charge in [0, 0.05) is 12.6 Å². The van der Waals surface area contributed by atoms with Crippen molar-refractivity contribution in [3.63, 3.8) is 0 Å². The molecule has 0 bridgehead atoms. The number of rotatable bonds is 6. The number of benzene rings is 1. The second kappa shape index (κ2) is 8.18. The van der Waals surface area contributed by atoms with E-state index in [-0.39, 0.29) is 11.8 Å². The predicted octanol–water partition coefficient (Wildman–Crippen LogP) is 2.89. The zero-order valence-corrected chi connectivity index (χ0v) is 13.1. The Morgan fingerprint density at radius 3 is 2.48 bits per heavy atom. The summed E-state index contributed by atoms with van der Waals surface area (Å²) in [5.41, 5.74) is 6.99. The van der Waals surface area contributed by atoms with E-state index in [1.165, 1.54) is 24.8 Å². The van der Waals surface area contributed by atoms with Gasteiger partial charge < -0.3 is 11.1 Å². The highest BCUT2D eigenvalue weighted by Gasteiger charge is 2.24. The van der Waals surface area contributed by atoms with Crippen LogP contribution >= 0.6 is 0 Å². The van der Waals surface area contributed by atoms with Crippen LogP contribution in [0.1, 0.15) is 44.6 Å². The largest absolute Gasteiger partial charge is 0.353 e. The molecule has 1 fully saturated rings. The van der Waals surface area contributed by atoms with E-state index in [0.29, 0.717) is 12.6 Å². The summed E-state index contributed by atoms with van der Waals surface area (Å²) in [6, 6.07) is 10.5. The molecule has 1 aliphatic rings. The average Bonchev–Trinajstić information content (AvgIpc) is 2.54. The van der Waals surface area contributed by atoms with Crippen LogP contribution in [-0.4, -0.2) is 18.5 Å². The molecule has 0 radical (unpaired) electrons. The van der Waals surface area contributed by atoms with Crippen LogP contribution in [0.25, 0.3) is 0 Å². The van der Waals surface area contributed by atoms with Gasteiger partial charge in [-0.15, -0.1) is 0 Å². The van der Waals surface area contributed by atoms with Gasteiger partial charge in [0.1, 0.15) is 0 Å². The number of nitrogens with one attached hydrogen (secondary N) is 1. The summed E-state index contributed by atoms with van der Waals surface area (Å²) in [5.74, 6) is 0.866. The zero-order chi connectivity index (χ0) is 15.1. The third-order valence-corrected chi connectivity index (χ3v) is 4.75. The number of amides is 1. The minimum absolute atomic E-state index is 0.115. The maximum Gasteiger partial charge on any atom is 0.224 e. The Labute approximate surface area is 128 Å². The van der Waals surface area contributed by atoms with E-state index in [2.05, 4.69) is 24.4 Å². The first kappa shape index (κ1) is 16.0. The van der Waals surface area contributed by atoms with Gasteiger partial charge in [0.2, 0.25) is 5.91 Å². The van der Waals surface area contributed by atoms with Gasteiger partial charge in [0.25, 0.3) is 0 Å². The number of hydrogen-bond donors (Lipinski definition) is 2. The summed E-state index contributed by atoms with van der Waals surface area (Å²) in [6.07, 6.45) is 6.72. The highest BCUT2D eigenvalue weighted by atomic mass is 16.1. The highest BCUT2D eigenvalue weighted by Crippen LogP contribution is 2.26. The first-order valence-corrected chi connectivity index (χ1v) is 8.27. The molecule has 3 heteroatoms. The molecular formula is C18H28N2O. The zero-order valence-electron chi connectivity index (χ0n) is 13.1. The highest BCUT2D eigenvalue weighted by molar-refractivity contribution is 5.79. The normalized spacial score (nSPS) is 23.5. The van der Waals surface area contributed by atoms with Crippen molar-refractivity contribution in [1.82, 2.24) is 5.32 Å². The van der Waals surface area contributed by atoms with Crippen LogP contribution in [0, 0.1) is 11.8 Å². The van der Waals surface area contributed by atoms with E-state index in [1.807, 2.05) is 18.2 Å². The maximum absolute atomic E-state index is 12.4. The van der Waals surface area contributed by atoms with Crippen molar-refractivity contribution in [2.45, 2.75) is 51.5 Å². The standard InChI is InChI=1S/C18H28N2O/c1-2-14-8-10-17(11-9-14)20-18(21)16(13-19)12-15-6-4-3-5-7-15/h3-7,14,16-17H,2,8-13,19H2,1H3,(H,20,21). The molecule has 0 saturated heterocycles. The van der Waals surface area contributed by atoms with Crippen LogP contribution in [-0.2, 0) is 11.2 Å². The van der Waals surface area contributed by atoms with Crippen LogP contribution in [0.4, 0.5) is 0 Å². The molecule has 1 saturated carbocycles. The third kappa shape index (κ3) is 4.85. The molecule has 1 unspecified atom stereocenters. The summed E-state index contributed by atoms with van der Waals surface area (Å²) < 4.78 is 0. The lowest BCUT2D eigenvalue weighted by Crippen LogP contribution is -2.43. The van der Waals surface area contributed by atoms with Crippen molar-refractivity contribution in [3.8, 4) is 0 Å². The molecule has 1 amide bonds. The van der Waals surface area contributed by atoms with Gasteiger partial charge in [0.15, 0.2) is 0 Å². The van der Waals surface area contributed by atoms with Crippen molar-refractivity contribution in [3.05, 3.63) is 35.9 Å². The lowest BCUT2D eigenvalue weighted by molar-refractivity contribution is -0.125. The lowest BCUT2D eigenvalue weighted by atomic mass is 9.84. The molecule has 1 aliphatic carbocycles. The van der Waals surface area contributed by atoms with Gasteiger partial charge in [-0.2, -0.15) is 0 Å².